The Morgan fingerprint density at radius 3 is 1.25 bits per heavy atom. The molecule has 2 aromatic heterocycles. The summed E-state index contributed by atoms with van der Waals surface area (Å²) in [7, 11) is -3.13. The summed E-state index contributed by atoms with van der Waals surface area (Å²) >= 11 is 13.2. The van der Waals surface area contributed by atoms with Gasteiger partial charge in [-0.05, 0) is 97.5 Å². The zero-order chi connectivity index (χ0) is 71.1. The van der Waals surface area contributed by atoms with Crippen molar-refractivity contribution in [3.05, 3.63) is 273 Å². The van der Waals surface area contributed by atoms with Crippen LogP contribution in [0.2, 0.25) is 10.0 Å². The van der Waals surface area contributed by atoms with E-state index < -0.39 is 43.0 Å². The number of fused-ring (bicyclic) bond motifs is 2. The predicted molar refractivity (Wildman–Crippen MR) is 392 cm³/mol. The van der Waals surface area contributed by atoms with Crippen LogP contribution in [0.5, 0.6) is 0 Å². The number of aliphatic hydroxyl groups excluding tert-OH is 2. The second kappa shape index (κ2) is 31.5. The van der Waals surface area contributed by atoms with E-state index in [0.29, 0.717) is 103 Å². The Kier molecular flexibility index (Phi) is 22.3. The Morgan fingerprint density at radius 1 is 0.495 bits per heavy atom. The van der Waals surface area contributed by atoms with Crippen LogP contribution < -0.4 is 22.3 Å². The maximum absolute atomic E-state index is 14.0. The van der Waals surface area contributed by atoms with Gasteiger partial charge >= 0.3 is 0 Å². The number of nitrogen functional groups attached to an aromatic ring is 1. The number of amides is 4. The number of carbonyl (C=O) groups excluding carboxylic acids is 6. The lowest BCUT2D eigenvalue weighted by atomic mass is 9.95. The Morgan fingerprint density at radius 2 is 0.871 bits per heavy atom. The smallest absolute Gasteiger partial charge is 0.295 e. The molecule has 8 aromatic carbocycles. The molecular weight excluding hydrogens is 1340 g/mol. The van der Waals surface area contributed by atoms with E-state index in [2.05, 4.69) is 87.6 Å². The second-order valence-electron chi connectivity index (χ2n) is 25.9. The third-order valence-corrected chi connectivity index (χ3v) is 22.2. The number of halogens is 2. The highest BCUT2D eigenvalue weighted by molar-refractivity contribution is 7.74. The maximum atomic E-state index is 14.0. The van der Waals surface area contributed by atoms with Gasteiger partial charge in [-0.15, -0.1) is 0 Å². The lowest BCUT2D eigenvalue weighted by Gasteiger charge is -2.43. The van der Waals surface area contributed by atoms with Crippen LogP contribution in [0.3, 0.4) is 0 Å². The number of piperazine rings is 2. The first-order valence-corrected chi connectivity index (χ1v) is 36.0. The molecule has 20 nitrogen and oxygen atoms in total. The lowest BCUT2D eigenvalue weighted by Crippen LogP contribution is -2.54. The summed E-state index contributed by atoms with van der Waals surface area (Å²) in [6, 6.07) is 65.8. The van der Waals surface area contributed by atoms with Crippen molar-refractivity contribution in [2.24, 2.45) is 5.90 Å². The van der Waals surface area contributed by atoms with Crippen LogP contribution >= 0.6 is 30.6 Å². The Balaban J connectivity index is 0.000000157. The molecule has 4 saturated heterocycles. The van der Waals surface area contributed by atoms with E-state index in [1.807, 2.05) is 109 Å². The molecule has 520 valence electrons. The van der Waals surface area contributed by atoms with Gasteiger partial charge in [0.05, 0.1) is 62.1 Å². The highest BCUT2D eigenvalue weighted by Gasteiger charge is 2.38. The Hall–Kier alpha value is -9.57. The number of β-amino-alcohol motifs (C(OH)–C–C–N with tert-alkyl or cyclic N) is 2. The first kappa shape index (κ1) is 71.3. The summed E-state index contributed by atoms with van der Waals surface area (Å²) in [6.45, 7) is 8.62. The average Bonchev–Trinajstić information content (AvgIpc) is 1.69. The molecule has 6 heterocycles. The van der Waals surface area contributed by atoms with Crippen LogP contribution in [0.15, 0.2) is 219 Å². The van der Waals surface area contributed by atoms with Gasteiger partial charge in [0.15, 0.2) is 0 Å². The van der Waals surface area contributed by atoms with Crippen LogP contribution in [0.25, 0.3) is 21.8 Å². The number of aromatic amines is 1. The number of H-pyrrole nitrogens is 1. The number of nitrogens with two attached hydrogens (primary N) is 2. The molecule has 0 spiro atoms. The minimum absolute atomic E-state index is 0.0502. The molecule has 0 unspecified atom stereocenters. The molecule has 4 amide bonds. The van der Waals surface area contributed by atoms with E-state index in [1.165, 1.54) is 49.1 Å². The Labute approximate surface area is 595 Å². The molecule has 4 fully saturated rings. The second-order valence-corrected chi connectivity index (χ2v) is 29.0. The van der Waals surface area contributed by atoms with Gasteiger partial charge in [-0.1, -0.05) is 181 Å². The molecule has 101 heavy (non-hydrogen) atoms. The van der Waals surface area contributed by atoms with Crippen LogP contribution in [0.1, 0.15) is 102 Å². The minimum Gasteiger partial charge on any atom is -0.391 e. The first-order chi connectivity index (χ1) is 48.8. The Bertz CT molecular complexity index is 4550. The number of aliphatic hydroxyl groups is 2. The van der Waals surface area contributed by atoms with E-state index in [4.69, 9.17) is 39.6 Å². The largest absolute Gasteiger partial charge is 0.391 e. The molecule has 0 saturated carbocycles. The summed E-state index contributed by atoms with van der Waals surface area (Å²) in [6.07, 6.45) is 2.48. The minimum atomic E-state index is -3.13. The quantitative estimate of drug-likeness (QED) is 0.0210. The van der Waals surface area contributed by atoms with Crippen molar-refractivity contribution in [1.29, 1.82) is 0 Å². The molecular formula is C78H79Cl2N10O10P. The highest BCUT2D eigenvalue weighted by atomic mass is 35.5. The molecule has 4 aliphatic rings. The number of likely N-dealkylation sites (tertiary alicyclic amines) is 2. The summed E-state index contributed by atoms with van der Waals surface area (Å²) in [5.74, 6) is 8.11. The number of nitrogens with zero attached hydrogens (tertiary/aromatic N) is 7. The van der Waals surface area contributed by atoms with Gasteiger partial charge in [0.25, 0.3) is 42.6 Å². The fourth-order valence-corrected chi connectivity index (χ4v) is 16.3. The van der Waals surface area contributed by atoms with Crippen molar-refractivity contribution in [3.63, 3.8) is 0 Å². The fraction of sp³-hybridized carbons (Fsp3) is 0.256. The van der Waals surface area contributed by atoms with Crippen molar-refractivity contribution >= 4 is 98.2 Å². The number of rotatable bonds is 15. The molecule has 0 aliphatic carbocycles. The standard InChI is InChI=1S/C33H34ClN5O4.C33H33ClN4O4.C12H12NO2P/c1-21-18-36(30(22-8-4-2-5-9-22)23-10-6-3-7-11-23)14-15-38(21)32(42)26-16-25-27(20-39(35)29(25)17-28(26)34)31(41)33(43)37-13-12-24(40)19-37;1-21-19-36(30(22-8-4-2-5-9-22)23-10-6-3-7-11-23)14-15-38(21)32(41)26-16-25-27(18-35-29(25)17-28(26)34)31(40)33(42)37-13-12-24(39)20-37;13-15-16(14,11-7-3-1-4-8-11)12-9-5-2-6-10-12/h2-11,16-17,20-21,24,30,40H,12-15,18-19,35H2,1H3;2-11,16-18,21,24,30,35,39H,12-15,19-20H2,1H3;1-10H,13H2/t2*21-,24-;/m11./s1. The van der Waals surface area contributed by atoms with E-state index in [-0.39, 0.29) is 75.8 Å². The van der Waals surface area contributed by atoms with Crippen molar-refractivity contribution in [1.82, 2.24) is 39.1 Å². The first-order valence-electron chi connectivity index (χ1n) is 33.6. The molecule has 7 N–H and O–H groups in total. The number of ketones is 2. The number of benzene rings is 8. The van der Waals surface area contributed by atoms with Gasteiger partial charge in [-0.2, -0.15) is 0 Å². The highest BCUT2D eigenvalue weighted by Crippen LogP contribution is 2.43. The van der Waals surface area contributed by atoms with Crippen LogP contribution in [-0.2, 0) is 18.8 Å². The number of aromatic nitrogens is 2. The fourth-order valence-electron chi connectivity index (χ4n) is 14.1. The molecule has 10 aromatic rings. The van der Waals surface area contributed by atoms with E-state index in [0.717, 1.165) is 0 Å². The molecule has 4 atom stereocenters. The van der Waals surface area contributed by atoms with Gasteiger partial charge in [-0.3, -0.25) is 47.8 Å². The number of hydrogen-bond acceptors (Lipinski definition) is 14. The molecule has 4 aliphatic heterocycles. The molecule has 0 radical (unpaired) electrons. The van der Waals surface area contributed by atoms with Crippen LogP contribution in [0.4, 0.5) is 0 Å². The number of nitrogens with one attached hydrogen (secondary N) is 1. The molecule has 23 heteroatoms. The summed E-state index contributed by atoms with van der Waals surface area (Å²) in [4.78, 5) is 94.2. The third-order valence-electron chi connectivity index (χ3n) is 19.3. The normalized spacial score (nSPS) is 18.1. The summed E-state index contributed by atoms with van der Waals surface area (Å²) in [5, 5.41) is 22.2. The van der Waals surface area contributed by atoms with Crippen LogP contribution in [-0.4, -0.2) is 174 Å². The van der Waals surface area contributed by atoms with Gasteiger partial charge < -0.3 is 40.6 Å². The number of Topliss-reactive ketones (excluding diaryl/α,β-unsaturated/α-hetero) is 2. The van der Waals surface area contributed by atoms with Gasteiger partial charge in [0, 0.05) is 117 Å². The molecule has 14 rings (SSSR count). The predicted octanol–water partition coefficient (Wildman–Crippen LogP) is 10.1. The van der Waals surface area contributed by atoms with E-state index >= 15 is 0 Å². The van der Waals surface area contributed by atoms with Gasteiger partial charge in [-0.25, -0.2) is 10.5 Å². The third kappa shape index (κ3) is 15.4. The lowest BCUT2D eigenvalue weighted by molar-refractivity contribution is -0.126. The number of carbonyl (C=O) groups is 6. The van der Waals surface area contributed by atoms with Crippen molar-refractivity contribution in [2.45, 2.75) is 63.1 Å². The van der Waals surface area contributed by atoms with Gasteiger partial charge in [0.2, 0.25) is 0 Å². The zero-order valence-corrected chi connectivity index (χ0v) is 58.3. The zero-order valence-electron chi connectivity index (χ0n) is 55.9. The number of hydrogen-bond donors (Lipinski definition) is 5. The SMILES string of the molecule is C[C@@H]1CN(C(c2ccccc2)c2ccccc2)CCN1C(=O)c1cc2c(C(=O)C(=O)N3CC[C@@H](O)C3)c[nH]c2cc1Cl.C[C@@H]1CN(C(c2ccccc2)c2ccccc2)CCN1C(=O)c1cc2c(C(=O)C(=O)N3CC[C@@H](O)C3)cn(N)c2cc1Cl.NOP(=O)(c1ccccc1)c1ccccc1. The van der Waals surface area contributed by atoms with Crippen molar-refractivity contribution in [3.8, 4) is 0 Å². The summed E-state index contributed by atoms with van der Waals surface area (Å²) in [5.41, 5.74) is 6.62. The van der Waals surface area contributed by atoms with E-state index in [1.54, 1.807) is 48.5 Å². The average molecular weight is 1420 g/mol. The van der Waals surface area contributed by atoms with Crippen molar-refractivity contribution in [2.75, 3.05) is 71.3 Å². The molecule has 0 bridgehead atoms. The summed E-state index contributed by atoms with van der Waals surface area (Å²) < 4.78 is 18.6. The topological polar surface area (TPSA) is 261 Å². The maximum Gasteiger partial charge on any atom is 0.295 e. The van der Waals surface area contributed by atoms with E-state index in [9.17, 15) is 43.5 Å². The van der Waals surface area contributed by atoms with Gasteiger partial charge in [0.1, 0.15) is 0 Å². The van der Waals surface area contributed by atoms with Crippen LogP contribution in [0, 0.1) is 0 Å². The monoisotopic (exact) mass is 1420 g/mol. The van der Waals surface area contributed by atoms with Crippen molar-refractivity contribution < 1.29 is 48.2 Å².